The third-order valence-corrected chi connectivity index (χ3v) is 4.01. The summed E-state index contributed by atoms with van der Waals surface area (Å²) in [5.41, 5.74) is 9.55. The molecule has 1 unspecified atom stereocenters. The van der Waals surface area contributed by atoms with Crippen LogP contribution in [0, 0.1) is 0 Å². The molecule has 1 heterocycles. The van der Waals surface area contributed by atoms with Gasteiger partial charge in [-0.25, -0.2) is 0 Å². The second-order valence-electron chi connectivity index (χ2n) is 5.98. The van der Waals surface area contributed by atoms with Gasteiger partial charge in [0.15, 0.2) is 0 Å². The number of nitrogens with two attached hydrogens (primary N) is 1. The number of aromatic nitrogens is 1. The van der Waals surface area contributed by atoms with Crippen LogP contribution in [0.3, 0.4) is 0 Å². The number of hydrogen-bond acceptors (Lipinski definition) is 3. The van der Waals surface area contributed by atoms with Gasteiger partial charge >= 0.3 is 0 Å². The Hall–Kier alpha value is -3.47. The van der Waals surface area contributed by atoms with Crippen LogP contribution in [0.4, 0.5) is 5.69 Å². The van der Waals surface area contributed by atoms with Crippen LogP contribution in [0.1, 0.15) is 24.1 Å². The number of anilines is 1. The van der Waals surface area contributed by atoms with Crippen molar-refractivity contribution in [2.45, 2.75) is 12.8 Å². The summed E-state index contributed by atoms with van der Waals surface area (Å²) in [6, 6.07) is 20.6. The summed E-state index contributed by atoms with van der Waals surface area (Å²) in [4.78, 5) is 27.7. The van der Waals surface area contributed by atoms with Crippen molar-refractivity contribution in [3.05, 3.63) is 84.2 Å². The minimum absolute atomic E-state index is 0.129. The Labute approximate surface area is 151 Å². The zero-order valence-electron chi connectivity index (χ0n) is 14.3. The van der Waals surface area contributed by atoms with E-state index in [1.54, 1.807) is 6.20 Å². The molecule has 0 radical (unpaired) electrons. The summed E-state index contributed by atoms with van der Waals surface area (Å²) in [6.07, 6.45) is 1.66. The third kappa shape index (κ3) is 3.95. The summed E-state index contributed by atoms with van der Waals surface area (Å²) < 4.78 is 0. The molecule has 5 heteroatoms. The molecular formula is C21H19N3O2. The molecule has 0 saturated heterocycles. The van der Waals surface area contributed by atoms with Crippen molar-refractivity contribution < 1.29 is 9.59 Å². The Morgan fingerprint density at radius 1 is 0.962 bits per heavy atom. The van der Waals surface area contributed by atoms with Gasteiger partial charge in [0.2, 0.25) is 11.8 Å². The van der Waals surface area contributed by atoms with E-state index in [1.165, 1.54) is 6.92 Å². The monoisotopic (exact) mass is 345 g/mol. The molecule has 0 aliphatic carbocycles. The Bertz CT molecular complexity index is 939. The second kappa shape index (κ2) is 7.61. The minimum atomic E-state index is -0.616. The number of benzene rings is 2. The Morgan fingerprint density at radius 3 is 2.38 bits per heavy atom. The SMILES string of the molecule is CC(=O)Nc1cccc(-c2ccnc(C(C(N)=O)c3ccccc3)c2)c1. The molecule has 3 N–H and O–H groups in total. The highest BCUT2D eigenvalue weighted by Crippen LogP contribution is 2.28. The average molecular weight is 345 g/mol. The van der Waals surface area contributed by atoms with Gasteiger partial charge in [0.1, 0.15) is 5.92 Å². The third-order valence-electron chi connectivity index (χ3n) is 4.01. The lowest BCUT2D eigenvalue weighted by Crippen LogP contribution is -2.23. The zero-order valence-corrected chi connectivity index (χ0v) is 14.3. The van der Waals surface area contributed by atoms with Gasteiger partial charge in [0.25, 0.3) is 0 Å². The van der Waals surface area contributed by atoms with Gasteiger partial charge in [-0.15, -0.1) is 0 Å². The molecule has 3 rings (SSSR count). The fraction of sp³-hybridized carbons (Fsp3) is 0.0952. The fourth-order valence-electron chi connectivity index (χ4n) is 2.89. The molecule has 0 saturated carbocycles. The summed E-state index contributed by atoms with van der Waals surface area (Å²) in [5.74, 6) is -1.20. The van der Waals surface area contributed by atoms with Crippen molar-refractivity contribution in [3.63, 3.8) is 0 Å². The molecule has 5 nitrogen and oxygen atoms in total. The number of carbonyl (C=O) groups excluding carboxylic acids is 2. The number of carbonyl (C=O) groups is 2. The Balaban J connectivity index is 2.00. The first-order chi connectivity index (χ1) is 12.5. The summed E-state index contributed by atoms with van der Waals surface area (Å²) in [7, 11) is 0. The molecule has 0 spiro atoms. The normalized spacial score (nSPS) is 11.6. The molecule has 0 bridgehead atoms. The lowest BCUT2D eigenvalue weighted by molar-refractivity contribution is -0.118. The number of primary amides is 1. The van der Waals surface area contributed by atoms with E-state index in [9.17, 15) is 9.59 Å². The number of pyridine rings is 1. The summed E-state index contributed by atoms with van der Waals surface area (Å²) in [6.45, 7) is 1.47. The van der Waals surface area contributed by atoms with E-state index in [1.807, 2.05) is 66.7 Å². The van der Waals surface area contributed by atoms with Crippen LogP contribution in [0.2, 0.25) is 0 Å². The van der Waals surface area contributed by atoms with Gasteiger partial charge in [-0.05, 0) is 41.0 Å². The van der Waals surface area contributed by atoms with Crippen molar-refractivity contribution in [2.75, 3.05) is 5.32 Å². The summed E-state index contributed by atoms with van der Waals surface area (Å²) in [5, 5.41) is 2.77. The van der Waals surface area contributed by atoms with Gasteiger partial charge in [-0.3, -0.25) is 14.6 Å². The average Bonchev–Trinajstić information content (AvgIpc) is 2.62. The molecule has 1 aromatic heterocycles. The molecule has 26 heavy (non-hydrogen) atoms. The van der Waals surface area contributed by atoms with Crippen LogP contribution in [0.15, 0.2) is 72.9 Å². The molecule has 0 aliphatic rings. The lowest BCUT2D eigenvalue weighted by atomic mass is 9.93. The predicted octanol–water partition coefficient (Wildman–Crippen LogP) is 3.32. The van der Waals surface area contributed by atoms with Crippen LogP contribution < -0.4 is 11.1 Å². The van der Waals surface area contributed by atoms with E-state index in [4.69, 9.17) is 5.73 Å². The van der Waals surface area contributed by atoms with Crippen LogP contribution in [0.5, 0.6) is 0 Å². The van der Waals surface area contributed by atoms with E-state index in [0.717, 1.165) is 16.7 Å². The maximum absolute atomic E-state index is 12.1. The molecular weight excluding hydrogens is 326 g/mol. The van der Waals surface area contributed by atoms with Crippen molar-refractivity contribution in [2.24, 2.45) is 5.73 Å². The molecule has 130 valence electrons. The van der Waals surface area contributed by atoms with E-state index in [-0.39, 0.29) is 5.91 Å². The van der Waals surface area contributed by atoms with Crippen molar-refractivity contribution in [1.82, 2.24) is 4.98 Å². The van der Waals surface area contributed by atoms with Crippen LogP contribution >= 0.6 is 0 Å². The first-order valence-corrected chi connectivity index (χ1v) is 8.23. The number of nitrogens with zero attached hydrogens (tertiary/aromatic N) is 1. The van der Waals surface area contributed by atoms with E-state index >= 15 is 0 Å². The highest BCUT2D eigenvalue weighted by atomic mass is 16.1. The largest absolute Gasteiger partial charge is 0.369 e. The van der Waals surface area contributed by atoms with Crippen LogP contribution in [0.25, 0.3) is 11.1 Å². The topological polar surface area (TPSA) is 85.1 Å². The smallest absolute Gasteiger partial charge is 0.231 e. The minimum Gasteiger partial charge on any atom is -0.369 e. The van der Waals surface area contributed by atoms with Gasteiger partial charge in [0.05, 0.1) is 5.69 Å². The quantitative estimate of drug-likeness (QED) is 0.744. The van der Waals surface area contributed by atoms with Crippen LogP contribution in [-0.2, 0) is 9.59 Å². The highest BCUT2D eigenvalue weighted by Gasteiger charge is 2.21. The molecule has 0 aliphatic heterocycles. The molecule has 2 aromatic carbocycles. The fourth-order valence-corrected chi connectivity index (χ4v) is 2.89. The van der Waals surface area contributed by atoms with Crippen molar-refractivity contribution in [1.29, 1.82) is 0 Å². The summed E-state index contributed by atoms with van der Waals surface area (Å²) >= 11 is 0. The van der Waals surface area contributed by atoms with Crippen molar-refractivity contribution >= 4 is 17.5 Å². The maximum Gasteiger partial charge on any atom is 0.231 e. The first-order valence-electron chi connectivity index (χ1n) is 8.23. The van der Waals surface area contributed by atoms with Crippen molar-refractivity contribution in [3.8, 4) is 11.1 Å². The standard InChI is InChI=1S/C21H19N3O2/c1-14(25)24-18-9-5-8-16(12-18)17-10-11-23-19(13-17)20(21(22)26)15-6-3-2-4-7-15/h2-13,20H,1H3,(H2,22,26)(H,24,25). The van der Waals surface area contributed by atoms with E-state index < -0.39 is 11.8 Å². The van der Waals surface area contributed by atoms with E-state index in [2.05, 4.69) is 10.3 Å². The number of amides is 2. The van der Waals surface area contributed by atoms with Gasteiger partial charge in [-0.1, -0.05) is 42.5 Å². The highest BCUT2D eigenvalue weighted by molar-refractivity contribution is 5.89. The molecule has 2 amide bonds. The number of nitrogens with one attached hydrogen (secondary N) is 1. The molecule has 1 atom stereocenters. The Kier molecular flexibility index (Phi) is 5.08. The maximum atomic E-state index is 12.1. The van der Waals surface area contributed by atoms with Gasteiger partial charge < -0.3 is 11.1 Å². The molecule has 0 fully saturated rings. The van der Waals surface area contributed by atoms with E-state index in [0.29, 0.717) is 11.4 Å². The first kappa shape index (κ1) is 17.4. The zero-order chi connectivity index (χ0) is 18.5. The predicted molar refractivity (Wildman–Crippen MR) is 101 cm³/mol. The molecule has 3 aromatic rings. The number of rotatable bonds is 5. The lowest BCUT2D eigenvalue weighted by Gasteiger charge is -2.14. The van der Waals surface area contributed by atoms with Gasteiger partial charge in [0, 0.05) is 18.8 Å². The van der Waals surface area contributed by atoms with Crippen LogP contribution in [-0.4, -0.2) is 16.8 Å². The second-order valence-corrected chi connectivity index (χ2v) is 5.98. The Morgan fingerprint density at radius 2 is 1.69 bits per heavy atom. The van der Waals surface area contributed by atoms with Gasteiger partial charge in [-0.2, -0.15) is 0 Å². The number of hydrogen-bond donors (Lipinski definition) is 2.